The van der Waals surface area contributed by atoms with Crippen molar-refractivity contribution in [2.45, 2.75) is 27.7 Å². The molecule has 0 aliphatic heterocycles. The molecule has 76 valence electrons. The molecule has 0 amide bonds. The molecule has 1 aromatic carbocycles. The highest BCUT2D eigenvalue weighted by molar-refractivity contribution is 5.68. The molecule has 0 atom stereocenters. The monoisotopic (exact) mass is 192 g/mol. The van der Waals surface area contributed by atoms with E-state index in [1.54, 1.807) is 26.8 Å². The second kappa shape index (κ2) is 3.74. The summed E-state index contributed by atoms with van der Waals surface area (Å²) in [6.45, 7) is 7.29. The second-order valence-corrected chi connectivity index (χ2v) is 3.49. The van der Waals surface area contributed by atoms with Crippen LogP contribution in [0.1, 0.15) is 29.2 Å². The zero-order valence-corrected chi connectivity index (χ0v) is 9.05. The lowest BCUT2D eigenvalue weighted by Gasteiger charge is -2.13. The lowest BCUT2D eigenvalue weighted by atomic mass is 9.97. The summed E-state index contributed by atoms with van der Waals surface area (Å²) in [6.07, 6.45) is 3.65. The smallest absolute Gasteiger partial charge is 0.126 e. The minimum atomic E-state index is 0.260. The van der Waals surface area contributed by atoms with E-state index in [1.807, 2.05) is 13.0 Å². The Morgan fingerprint density at radius 2 is 1.36 bits per heavy atom. The van der Waals surface area contributed by atoms with Crippen LogP contribution in [0.3, 0.4) is 0 Å². The summed E-state index contributed by atoms with van der Waals surface area (Å²) >= 11 is 0. The molecule has 2 nitrogen and oxygen atoms in total. The summed E-state index contributed by atoms with van der Waals surface area (Å²) < 4.78 is 0. The molecular formula is C12H16O2. The number of aromatic hydroxyl groups is 2. The zero-order valence-electron chi connectivity index (χ0n) is 9.05. The van der Waals surface area contributed by atoms with Crippen molar-refractivity contribution in [2.75, 3.05) is 0 Å². The summed E-state index contributed by atoms with van der Waals surface area (Å²) in [5.41, 5.74) is 2.91. The third kappa shape index (κ3) is 1.48. The van der Waals surface area contributed by atoms with E-state index in [0.717, 1.165) is 16.7 Å². The van der Waals surface area contributed by atoms with Crippen LogP contribution >= 0.6 is 0 Å². The SMILES string of the molecule is C/C=C/c1c(C)c(O)c(C)c(C)c1O. The Balaban J connectivity index is 3.59. The summed E-state index contributed by atoms with van der Waals surface area (Å²) in [5.74, 6) is 0.532. The molecule has 0 spiro atoms. The number of phenolic OH excluding ortho intramolecular Hbond substituents is 2. The van der Waals surface area contributed by atoms with Crippen molar-refractivity contribution in [1.29, 1.82) is 0 Å². The highest BCUT2D eigenvalue weighted by Crippen LogP contribution is 2.36. The van der Waals surface area contributed by atoms with Crippen LogP contribution in [0, 0.1) is 20.8 Å². The summed E-state index contributed by atoms with van der Waals surface area (Å²) in [5, 5.41) is 19.6. The Morgan fingerprint density at radius 1 is 0.857 bits per heavy atom. The van der Waals surface area contributed by atoms with Crippen LogP contribution in [-0.2, 0) is 0 Å². The molecule has 2 N–H and O–H groups in total. The Labute approximate surface area is 84.5 Å². The van der Waals surface area contributed by atoms with Crippen LogP contribution in [0.5, 0.6) is 11.5 Å². The van der Waals surface area contributed by atoms with Crippen molar-refractivity contribution in [2.24, 2.45) is 0 Å². The topological polar surface area (TPSA) is 40.5 Å². The van der Waals surface area contributed by atoms with Gasteiger partial charge in [-0.05, 0) is 38.8 Å². The molecule has 1 rings (SSSR count). The fourth-order valence-electron chi connectivity index (χ4n) is 1.51. The number of benzene rings is 1. The van der Waals surface area contributed by atoms with Gasteiger partial charge in [0.1, 0.15) is 11.5 Å². The van der Waals surface area contributed by atoms with Gasteiger partial charge in [-0.1, -0.05) is 12.2 Å². The third-order valence-electron chi connectivity index (χ3n) is 2.62. The Bertz CT molecular complexity index is 361. The number of allylic oxidation sites excluding steroid dienone is 1. The number of phenols is 2. The molecule has 0 aliphatic carbocycles. The number of hydrogen-bond donors (Lipinski definition) is 2. The van der Waals surface area contributed by atoms with Gasteiger partial charge >= 0.3 is 0 Å². The van der Waals surface area contributed by atoms with Gasteiger partial charge in [-0.2, -0.15) is 0 Å². The number of rotatable bonds is 1. The fraction of sp³-hybridized carbons (Fsp3) is 0.333. The van der Waals surface area contributed by atoms with E-state index in [9.17, 15) is 10.2 Å². The molecule has 0 aromatic heterocycles. The maximum Gasteiger partial charge on any atom is 0.126 e. The van der Waals surface area contributed by atoms with Gasteiger partial charge in [0.2, 0.25) is 0 Å². The maximum atomic E-state index is 9.85. The van der Waals surface area contributed by atoms with E-state index in [4.69, 9.17) is 0 Å². The minimum Gasteiger partial charge on any atom is -0.507 e. The van der Waals surface area contributed by atoms with Gasteiger partial charge in [0.15, 0.2) is 0 Å². The van der Waals surface area contributed by atoms with Crippen LogP contribution in [0.15, 0.2) is 6.08 Å². The van der Waals surface area contributed by atoms with Gasteiger partial charge in [-0.25, -0.2) is 0 Å². The standard InChI is InChI=1S/C12H16O2/c1-5-6-10-9(4)11(13)7(2)8(3)12(10)14/h5-6,13-14H,1-4H3/b6-5+. The third-order valence-corrected chi connectivity index (χ3v) is 2.62. The lowest BCUT2D eigenvalue weighted by Crippen LogP contribution is -1.91. The van der Waals surface area contributed by atoms with E-state index in [0.29, 0.717) is 5.56 Å². The highest BCUT2D eigenvalue weighted by atomic mass is 16.3. The van der Waals surface area contributed by atoms with E-state index in [1.165, 1.54) is 0 Å². The summed E-state index contributed by atoms with van der Waals surface area (Å²) in [4.78, 5) is 0. The normalized spacial score (nSPS) is 11.1. The maximum absolute atomic E-state index is 9.85. The van der Waals surface area contributed by atoms with Crippen LogP contribution in [0.2, 0.25) is 0 Å². The molecule has 1 aromatic rings. The molecule has 0 unspecified atom stereocenters. The van der Waals surface area contributed by atoms with Crippen molar-refractivity contribution in [3.05, 3.63) is 28.3 Å². The van der Waals surface area contributed by atoms with Crippen molar-refractivity contribution < 1.29 is 10.2 Å². The van der Waals surface area contributed by atoms with Crippen molar-refractivity contribution in [3.8, 4) is 11.5 Å². The zero-order chi connectivity index (χ0) is 10.9. The van der Waals surface area contributed by atoms with Gasteiger partial charge in [0.05, 0.1) is 0 Å². The van der Waals surface area contributed by atoms with E-state index in [2.05, 4.69) is 0 Å². The fourth-order valence-corrected chi connectivity index (χ4v) is 1.51. The molecule has 0 radical (unpaired) electrons. The van der Waals surface area contributed by atoms with E-state index < -0.39 is 0 Å². The first-order chi connectivity index (χ1) is 6.50. The largest absolute Gasteiger partial charge is 0.507 e. The molecule has 0 fully saturated rings. The van der Waals surface area contributed by atoms with E-state index in [-0.39, 0.29) is 11.5 Å². The predicted molar refractivity (Wildman–Crippen MR) is 58.7 cm³/mol. The van der Waals surface area contributed by atoms with Gasteiger partial charge in [-0.3, -0.25) is 0 Å². The quantitative estimate of drug-likeness (QED) is 0.671. The van der Waals surface area contributed by atoms with Crippen LogP contribution in [0.25, 0.3) is 6.08 Å². The lowest BCUT2D eigenvalue weighted by molar-refractivity contribution is 0.448. The molecule has 2 heteroatoms. The van der Waals surface area contributed by atoms with Crippen molar-refractivity contribution in [1.82, 2.24) is 0 Å². The summed E-state index contributed by atoms with van der Waals surface area (Å²) in [7, 11) is 0. The van der Waals surface area contributed by atoms with Gasteiger partial charge in [-0.15, -0.1) is 0 Å². The predicted octanol–water partition coefficient (Wildman–Crippen LogP) is 3.06. The van der Waals surface area contributed by atoms with Crippen molar-refractivity contribution in [3.63, 3.8) is 0 Å². The first-order valence-corrected chi connectivity index (χ1v) is 4.65. The first kappa shape index (κ1) is 10.6. The number of hydrogen-bond acceptors (Lipinski definition) is 2. The Hall–Kier alpha value is -1.44. The average Bonchev–Trinajstić information content (AvgIpc) is 2.19. The van der Waals surface area contributed by atoms with Crippen LogP contribution < -0.4 is 0 Å². The molecule has 14 heavy (non-hydrogen) atoms. The van der Waals surface area contributed by atoms with Gasteiger partial charge in [0.25, 0.3) is 0 Å². The molecule has 0 heterocycles. The molecule has 0 saturated carbocycles. The molecular weight excluding hydrogens is 176 g/mol. The molecule has 0 aliphatic rings. The minimum absolute atomic E-state index is 0.260. The van der Waals surface area contributed by atoms with Gasteiger partial charge < -0.3 is 10.2 Å². The Morgan fingerprint density at radius 3 is 1.86 bits per heavy atom. The summed E-state index contributed by atoms with van der Waals surface area (Å²) in [6, 6.07) is 0. The molecule has 0 saturated heterocycles. The first-order valence-electron chi connectivity index (χ1n) is 4.65. The van der Waals surface area contributed by atoms with Crippen LogP contribution in [0.4, 0.5) is 0 Å². The average molecular weight is 192 g/mol. The van der Waals surface area contributed by atoms with E-state index >= 15 is 0 Å². The highest BCUT2D eigenvalue weighted by Gasteiger charge is 2.13. The second-order valence-electron chi connectivity index (χ2n) is 3.49. The van der Waals surface area contributed by atoms with Crippen molar-refractivity contribution >= 4 is 6.08 Å². The molecule has 0 bridgehead atoms. The van der Waals surface area contributed by atoms with Crippen LogP contribution in [-0.4, -0.2) is 10.2 Å². The van der Waals surface area contributed by atoms with Gasteiger partial charge in [0, 0.05) is 11.1 Å². The Kier molecular flexibility index (Phi) is 2.84.